The molecule has 27 heavy (non-hydrogen) atoms. The summed E-state index contributed by atoms with van der Waals surface area (Å²) < 4.78 is 19.2. The molecule has 0 saturated heterocycles. The summed E-state index contributed by atoms with van der Waals surface area (Å²) in [5, 5.41) is 9.15. The number of aliphatic imine (C=N–C) groups is 1. The number of amides is 1. The van der Waals surface area contributed by atoms with Crippen molar-refractivity contribution in [3.63, 3.8) is 0 Å². The van der Waals surface area contributed by atoms with Crippen molar-refractivity contribution in [1.82, 2.24) is 16.0 Å². The van der Waals surface area contributed by atoms with E-state index >= 15 is 0 Å². The van der Waals surface area contributed by atoms with Crippen molar-refractivity contribution < 1.29 is 13.9 Å². The zero-order valence-electron chi connectivity index (χ0n) is 16.8. The number of para-hydroxylation sites is 1. The number of hydrogen-bond donors (Lipinski definition) is 3. The molecule has 1 unspecified atom stereocenters. The van der Waals surface area contributed by atoms with E-state index in [-0.39, 0.29) is 47.6 Å². The first-order chi connectivity index (χ1) is 12.2. The summed E-state index contributed by atoms with van der Waals surface area (Å²) in [6, 6.07) is 6.31. The molecule has 0 aliphatic rings. The van der Waals surface area contributed by atoms with E-state index in [0.717, 1.165) is 0 Å². The third kappa shape index (κ3) is 10.4. The number of carbonyl (C=O) groups is 1. The zero-order chi connectivity index (χ0) is 19.6. The van der Waals surface area contributed by atoms with E-state index in [2.05, 4.69) is 20.9 Å². The van der Waals surface area contributed by atoms with E-state index in [4.69, 9.17) is 4.74 Å². The second-order valence-corrected chi connectivity index (χ2v) is 7.01. The van der Waals surface area contributed by atoms with Gasteiger partial charge >= 0.3 is 0 Å². The lowest BCUT2D eigenvalue weighted by molar-refractivity contribution is -0.128. The highest BCUT2D eigenvalue weighted by atomic mass is 127. The Bertz CT molecular complexity index is 606. The third-order valence-corrected chi connectivity index (χ3v) is 3.40. The summed E-state index contributed by atoms with van der Waals surface area (Å²) in [5.74, 6) is 0.468. The minimum atomic E-state index is -0.405. The van der Waals surface area contributed by atoms with Crippen molar-refractivity contribution in [2.24, 2.45) is 10.4 Å². The normalized spacial score (nSPS) is 12.6. The van der Waals surface area contributed by atoms with Crippen molar-refractivity contribution in [2.45, 2.75) is 40.7 Å². The van der Waals surface area contributed by atoms with Crippen LogP contribution in [0.3, 0.4) is 0 Å². The van der Waals surface area contributed by atoms with Gasteiger partial charge in [0.2, 0.25) is 5.91 Å². The van der Waals surface area contributed by atoms with Crippen LogP contribution in [0.1, 0.15) is 34.6 Å². The SMILES string of the molecule is CCNC(=NCC(C)Oc1ccccc1F)NCCNC(=O)C(C)(C)C.I. The molecule has 1 rings (SSSR count). The maximum atomic E-state index is 13.6. The number of benzene rings is 1. The monoisotopic (exact) mass is 494 g/mol. The molecule has 0 aliphatic carbocycles. The zero-order valence-corrected chi connectivity index (χ0v) is 19.1. The predicted molar refractivity (Wildman–Crippen MR) is 118 cm³/mol. The molecule has 0 bridgehead atoms. The largest absolute Gasteiger partial charge is 0.486 e. The van der Waals surface area contributed by atoms with Gasteiger partial charge in [0, 0.05) is 25.0 Å². The molecule has 0 saturated carbocycles. The Kier molecular flexibility index (Phi) is 12.0. The highest BCUT2D eigenvalue weighted by Gasteiger charge is 2.20. The molecule has 154 valence electrons. The summed E-state index contributed by atoms with van der Waals surface area (Å²) >= 11 is 0. The second kappa shape index (κ2) is 12.7. The lowest BCUT2D eigenvalue weighted by atomic mass is 9.96. The Morgan fingerprint density at radius 2 is 1.81 bits per heavy atom. The molecule has 0 fully saturated rings. The molecular weight excluding hydrogens is 462 g/mol. The van der Waals surface area contributed by atoms with Crippen molar-refractivity contribution in [1.29, 1.82) is 0 Å². The Labute approximate surface area is 178 Å². The minimum absolute atomic E-state index is 0. The van der Waals surface area contributed by atoms with Crippen molar-refractivity contribution in [3.05, 3.63) is 30.1 Å². The van der Waals surface area contributed by atoms with Crippen molar-refractivity contribution >= 4 is 35.8 Å². The molecule has 1 amide bonds. The van der Waals surface area contributed by atoms with Gasteiger partial charge in [-0.15, -0.1) is 24.0 Å². The van der Waals surface area contributed by atoms with Gasteiger partial charge < -0.3 is 20.7 Å². The fraction of sp³-hybridized carbons (Fsp3) is 0.579. The number of nitrogens with one attached hydrogen (secondary N) is 3. The van der Waals surface area contributed by atoms with E-state index in [9.17, 15) is 9.18 Å². The van der Waals surface area contributed by atoms with Crippen LogP contribution >= 0.6 is 24.0 Å². The average molecular weight is 494 g/mol. The predicted octanol–water partition coefficient (Wildman–Crippen LogP) is 2.93. The van der Waals surface area contributed by atoms with Crippen LogP contribution < -0.4 is 20.7 Å². The number of ether oxygens (including phenoxy) is 1. The Morgan fingerprint density at radius 3 is 2.41 bits per heavy atom. The Balaban J connectivity index is 0.00000676. The van der Waals surface area contributed by atoms with Gasteiger partial charge in [-0.05, 0) is 26.0 Å². The molecular formula is C19H32FIN4O2. The number of guanidine groups is 1. The molecule has 1 aromatic rings. The maximum Gasteiger partial charge on any atom is 0.225 e. The van der Waals surface area contributed by atoms with E-state index in [1.807, 2.05) is 34.6 Å². The molecule has 0 spiro atoms. The van der Waals surface area contributed by atoms with Crippen LogP contribution in [-0.2, 0) is 4.79 Å². The van der Waals surface area contributed by atoms with Crippen LogP contribution in [0.2, 0.25) is 0 Å². The molecule has 3 N–H and O–H groups in total. The van der Waals surface area contributed by atoms with Crippen LogP contribution in [0.25, 0.3) is 0 Å². The smallest absolute Gasteiger partial charge is 0.225 e. The fourth-order valence-corrected chi connectivity index (χ4v) is 1.98. The van der Waals surface area contributed by atoms with Crippen LogP contribution in [-0.4, -0.2) is 44.1 Å². The molecule has 0 heterocycles. The third-order valence-electron chi connectivity index (χ3n) is 3.40. The summed E-state index contributed by atoms with van der Waals surface area (Å²) in [5.41, 5.74) is -0.405. The highest BCUT2D eigenvalue weighted by molar-refractivity contribution is 14.0. The second-order valence-electron chi connectivity index (χ2n) is 7.01. The number of rotatable bonds is 8. The van der Waals surface area contributed by atoms with Crippen LogP contribution in [0.4, 0.5) is 4.39 Å². The highest BCUT2D eigenvalue weighted by Crippen LogP contribution is 2.17. The summed E-state index contributed by atoms with van der Waals surface area (Å²) in [4.78, 5) is 16.3. The molecule has 0 radical (unpaired) electrons. The summed E-state index contributed by atoms with van der Waals surface area (Å²) in [6.45, 7) is 11.6. The number of hydrogen-bond acceptors (Lipinski definition) is 3. The first-order valence-electron chi connectivity index (χ1n) is 8.95. The van der Waals surface area contributed by atoms with Crippen LogP contribution in [0.5, 0.6) is 5.75 Å². The molecule has 0 aromatic heterocycles. The van der Waals surface area contributed by atoms with Crippen LogP contribution in [0, 0.1) is 11.2 Å². The number of nitrogens with zero attached hydrogens (tertiary/aromatic N) is 1. The molecule has 1 aromatic carbocycles. The molecule has 1 atom stereocenters. The van der Waals surface area contributed by atoms with Crippen LogP contribution in [0.15, 0.2) is 29.3 Å². The quantitative estimate of drug-likeness (QED) is 0.225. The van der Waals surface area contributed by atoms with Gasteiger partial charge in [0.25, 0.3) is 0 Å². The van der Waals surface area contributed by atoms with Gasteiger partial charge in [-0.1, -0.05) is 32.9 Å². The lowest BCUT2D eigenvalue weighted by Gasteiger charge is -2.18. The standard InChI is InChI=1S/C19H31FN4O2.HI/c1-6-21-18(23-12-11-22-17(25)19(3,4)5)24-13-14(2)26-16-10-8-7-9-15(16)20;/h7-10,14H,6,11-13H2,1-5H3,(H,22,25)(H2,21,23,24);1H. The molecule has 8 heteroatoms. The van der Waals surface area contributed by atoms with Gasteiger partial charge in [-0.2, -0.15) is 0 Å². The Morgan fingerprint density at radius 1 is 1.19 bits per heavy atom. The summed E-state index contributed by atoms with van der Waals surface area (Å²) in [6.07, 6.45) is -0.275. The maximum absolute atomic E-state index is 13.6. The summed E-state index contributed by atoms with van der Waals surface area (Å²) in [7, 11) is 0. The molecule has 6 nitrogen and oxygen atoms in total. The first-order valence-corrected chi connectivity index (χ1v) is 8.95. The molecule has 0 aliphatic heterocycles. The van der Waals surface area contributed by atoms with E-state index in [1.54, 1.807) is 18.2 Å². The average Bonchev–Trinajstić information content (AvgIpc) is 2.57. The van der Waals surface area contributed by atoms with Gasteiger partial charge in [-0.3, -0.25) is 4.79 Å². The van der Waals surface area contributed by atoms with Crippen molar-refractivity contribution in [3.8, 4) is 5.75 Å². The Hall–Kier alpha value is -1.58. The van der Waals surface area contributed by atoms with E-state index in [1.165, 1.54) is 6.07 Å². The first kappa shape index (κ1) is 25.4. The van der Waals surface area contributed by atoms with E-state index < -0.39 is 5.41 Å². The van der Waals surface area contributed by atoms with Gasteiger partial charge in [0.05, 0.1) is 6.54 Å². The van der Waals surface area contributed by atoms with Crippen molar-refractivity contribution in [2.75, 3.05) is 26.2 Å². The minimum Gasteiger partial charge on any atom is -0.486 e. The lowest BCUT2D eigenvalue weighted by Crippen LogP contribution is -2.43. The van der Waals surface area contributed by atoms with Gasteiger partial charge in [0.1, 0.15) is 6.10 Å². The number of halogens is 2. The number of carbonyl (C=O) groups excluding carboxylic acids is 1. The topological polar surface area (TPSA) is 74.8 Å². The van der Waals surface area contributed by atoms with E-state index in [0.29, 0.717) is 32.1 Å². The van der Waals surface area contributed by atoms with Gasteiger partial charge in [0.15, 0.2) is 17.5 Å². The fourth-order valence-electron chi connectivity index (χ4n) is 1.98. The van der Waals surface area contributed by atoms with Gasteiger partial charge in [-0.25, -0.2) is 9.38 Å².